The van der Waals surface area contributed by atoms with Gasteiger partial charge in [-0.25, -0.2) is 4.79 Å². The van der Waals surface area contributed by atoms with Crippen molar-refractivity contribution in [2.75, 3.05) is 5.43 Å². The SMILES string of the molecule is C/C(=N\Nc1ccc(Cl)cc1)c1ccc(C(=O)O)cc1. The second-order valence-electron chi connectivity index (χ2n) is 4.20. The van der Waals surface area contributed by atoms with Crippen molar-refractivity contribution in [3.63, 3.8) is 0 Å². The zero-order chi connectivity index (χ0) is 14.5. The summed E-state index contributed by atoms with van der Waals surface area (Å²) in [6.07, 6.45) is 0. The highest BCUT2D eigenvalue weighted by Gasteiger charge is 2.03. The molecule has 0 radical (unpaired) electrons. The molecule has 0 atom stereocenters. The molecular formula is C15H13ClN2O2. The lowest BCUT2D eigenvalue weighted by Gasteiger charge is -2.04. The number of nitrogens with zero attached hydrogens (tertiary/aromatic N) is 1. The smallest absolute Gasteiger partial charge is 0.335 e. The fraction of sp³-hybridized carbons (Fsp3) is 0.0667. The Labute approximate surface area is 121 Å². The van der Waals surface area contributed by atoms with Crippen LogP contribution in [0.3, 0.4) is 0 Å². The van der Waals surface area contributed by atoms with Crippen LogP contribution in [0.1, 0.15) is 22.8 Å². The van der Waals surface area contributed by atoms with Crippen molar-refractivity contribution in [2.24, 2.45) is 5.10 Å². The largest absolute Gasteiger partial charge is 0.478 e. The summed E-state index contributed by atoms with van der Waals surface area (Å²) in [4.78, 5) is 10.8. The van der Waals surface area contributed by atoms with Crippen LogP contribution in [0.4, 0.5) is 5.69 Å². The molecule has 0 aliphatic rings. The molecule has 2 aromatic rings. The Morgan fingerprint density at radius 3 is 2.15 bits per heavy atom. The summed E-state index contributed by atoms with van der Waals surface area (Å²) >= 11 is 5.80. The van der Waals surface area contributed by atoms with Crippen LogP contribution in [0.5, 0.6) is 0 Å². The maximum absolute atomic E-state index is 10.8. The summed E-state index contributed by atoms with van der Waals surface area (Å²) in [6, 6.07) is 13.8. The van der Waals surface area contributed by atoms with E-state index in [9.17, 15) is 4.79 Å². The van der Waals surface area contributed by atoms with Gasteiger partial charge in [0.2, 0.25) is 0 Å². The number of nitrogens with one attached hydrogen (secondary N) is 1. The Balaban J connectivity index is 2.09. The quantitative estimate of drug-likeness (QED) is 0.663. The third kappa shape index (κ3) is 3.59. The first-order valence-corrected chi connectivity index (χ1v) is 6.33. The van der Waals surface area contributed by atoms with Crippen LogP contribution < -0.4 is 5.43 Å². The molecule has 2 rings (SSSR count). The summed E-state index contributed by atoms with van der Waals surface area (Å²) in [5.41, 5.74) is 5.63. The molecule has 0 spiro atoms. The fourth-order valence-electron chi connectivity index (χ4n) is 1.59. The molecule has 0 bridgehead atoms. The Bertz CT molecular complexity index is 634. The highest BCUT2D eigenvalue weighted by molar-refractivity contribution is 6.30. The molecule has 0 saturated heterocycles. The maximum Gasteiger partial charge on any atom is 0.335 e. The minimum atomic E-state index is -0.939. The molecule has 0 heterocycles. The first-order valence-electron chi connectivity index (χ1n) is 5.96. The number of halogens is 1. The van der Waals surface area contributed by atoms with Gasteiger partial charge in [-0.15, -0.1) is 0 Å². The lowest BCUT2D eigenvalue weighted by atomic mass is 10.1. The standard InChI is InChI=1S/C15H13ClN2O2/c1-10(11-2-4-12(5-3-11)15(19)20)17-18-14-8-6-13(16)7-9-14/h2-9,18H,1H3,(H,19,20)/b17-10+. The topological polar surface area (TPSA) is 61.7 Å². The zero-order valence-corrected chi connectivity index (χ0v) is 11.6. The summed E-state index contributed by atoms with van der Waals surface area (Å²) in [5, 5.41) is 13.7. The van der Waals surface area contributed by atoms with E-state index in [-0.39, 0.29) is 5.56 Å². The molecule has 5 heteroatoms. The van der Waals surface area contributed by atoms with Crippen molar-refractivity contribution in [2.45, 2.75) is 6.92 Å². The molecule has 102 valence electrons. The van der Waals surface area contributed by atoms with Crippen LogP contribution in [0.15, 0.2) is 53.6 Å². The Morgan fingerprint density at radius 1 is 1.05 bits per heavy atom. The Kier molecular flexibility index (Phi) is 4.38. The van der Waals surface area contributed by atoms with Crippen LogP contribution in [0.2, 0.25) is 5.02 Å². The minimum absolute atomic E-state index is 0.257. The number of benzene rings is 2. The van der Waals surface area contributed by atoms with Crippen molar-refractivity contribution in [1.29, 1.82) is 0 Å². The van der Waals surface area contributed by atoms with Crippen molar-refractivity contribution >= 4 is 29.0 Å². The molecule has 0 aliphatic heterocycles. The number of hydrogen-bond acceptors (Lipinski definition) is 3. The van der Waals surface area contributed by atoms with Crippen LogP contribution >= 0.6 is 11.6 Å². The normalized spacial score (nSPS) is 11.2. The second kappa shape index (κ2) is 6.21. The number of aromatic carboxylic acids is 1. The summed E-state index contributed by atoms with van der Waals surface area (Å²) in [6.45, 7) is 1.85. The van der Waals surface area contributed by atoms with Gasteiger partial charge in [-0.1, -0.05) is 23.7 Å². The highest BCUT2D eigenvalue weighted by Crippen LogP contribution is 2.13. The van der Waals surface area contributed by atoms with E-state index >= 15 is 0 Å². The van der Waals surface area contributed by atoms with E-state index in [1.54, 1.807) is 36.4 Å². The average molecular weight is 289 g/mol. The third-order valence-corrected chi connectivity index (χ3v) is 3.00. The molecule has 20 heavy (non-hydrogen) atoms. The number of anilines is 1. The van der Waals surface area contributed by atoms with E-state index in [0.717, 1.165) is 17.0 Å². The molecule has 2 aromatic carbocycles. The Morgan fingerprint density at radius 2 is 1.60 bits per heavy atom. The van der Waals surface area contributed by atoms with Crippen LogP contribution in [0.25, 0.3) is 0 Å². The lowest BCUT2D eigenvalue weighted by Crippen LogP contribution is -2.01. The van der Waals surface area contributed by atoms with Gasteiger partial charge in [0.25, 0.3) is 0 Å². The van der Waals surface area contributed by atoms with Crippen molar-refractivity contribution in [1.82, 2.24) is 0 Å². The van der Waals surface area contributed by atoms with E-state index in [2.05, 4.69) is 10.5 Å². The predicted molar refractivity (Wildman–Crippen MR) is 80.7 cm³/mol. The fourth-order valence-corrected chi connectivity index (χ4v) is 1.72. The molecule has 2 N–H and O–H groups in total. The van der Waals surface area contributed by atoms with Gasteiger partial charge in [-0.05, 0) is 48.9 Å². The lowest BCUT2D eigenvalue weighted by molar-refractivity contribution is 0.0697. The van der Waals surface area contributed by atoms with E-state index < -0.39 is 5.97 Å². The van der Waals surface area contributed by atoms with Crippen LogP contribution in [-0.2, 0) is 0 Å². The van der Waals surface area contributed by atoms with E-state index in [1.807, 2.05) is 19.1 Å². The third-order valence-electron chi connectivity index (χ3n) is 2.75. The van der Waals surface area contributed by atoms with E-state index in [1.165, 1.54) is 0 Å². The van der Waals surface area contributed by atoms with Crippen LogP contribution in [0, 0.1) is 0 Å². The van der Waals surface area contributed by atoms with Gasteiger partial charge in [-0.2, -0.15) is 5.10 Å². The van der Waals surface area contributed by atoms with Crippen molar-refractivity contribution in [3.05, 3.63) is 64.7 Å². The van der Waals surface area contributed by atoms with E-state index in [4.69, 9.17) is 16.7 Å². The van der Waals surface area contributed by atoms with Gasteiger partial charge < -0.3 is 5.11 Å². The number of carboxylic acids is 1. The molecule has 0 saturated carbocycles. The summed E-state index contributed by atoms with van der Waals surface area (Å²) < 4.78 is 0. The number of hydrazone groups is 1. The molecule has 0 amide bonds. The van der Waals surface area contributed by atoms with Gasteiger partial charge >= 0.3 is 5.97 Å². The average Bonchev–Trinajstić information content (AvgIpc) is 2.46. The number of hydrogen-bond donors (Lipinski definition) is 2. The molecular weight excluding hydrogens is 276 g/mol. The molecule has 0 fully saturated rings. The summed E-state index contributed by atoms with van der Waals surface area (Å²) in [7, 11) is 0. The monoisotopic (exact) mass is 288 g/mol. The van der Waals surface area contributed by atoms with Gasteiger partial charge in [0, 0.05) is 5.02 Å². The van der Waals surface area contributed by atoms with E-state index in [0.29, 0.717) is 5.02 Å². The van der Waals surface area contributed by atoms with Crippen molar-refractivity contribution in [3.8, 4) is 0 Å². The maximum atomic E-state index is 10.8. The first-order chi connectivity index (χ1) is 9.56. The first kappa shape index (κ1) is 14.1. The second-order valence-corrected chi connectivity index (χ2v) is 4.63. The van der Waals surface area contributed by atoms with Gasteiger partial charge in [0.1, 0.15) is 0 Å². The zero-order valence-electron chi connectivity index (χ0n) is 10.8. The molecule has 0 aliphatic carbocycles. The molecule has 0 unspecified atom stereocenters. The Hall–Kier alpha value is -2.33. The number of carboxylic acid groups (broad SMARTS) is 1. The summed E-state index contributed by atoms with van der Waals surface area (Å²) in [5.74, 6) is -0.939. The van der Waals surface area contributed by atoms with Gasteiger partial charge in [-0.3, -0.25) is 5.43 Å². The number of carbonyl (C=O) groups is 1. The minimum Gasteiger partial charge on any atom is -0.478 e. The van der Waals surface area contributed by atoms with Gasteiger partial charge in [0.05, 0.1) is 17.0 Å². The van der Waals surface area contributed by atoms with Crippen LogP contribution in [-0.4, -0.2) is 16.8 Å². The van der Waals surface area contributed by atoms with Gasteiger partial charge in [0.15, 0.2) is 0 Å². The highest BCUT2D eigenvalue weighted by atomic mass is 35.5. The predicted octanol–water partition coefficient (Wildman–Crippen LogP) is 3.87. The molecule has 4 nitrogen and oxygen atoms in total. The molecule has 0 aromatic heterocycles. The van der Waals surface area contributed by atoms with Crippen molar-refractivity contribution < 1.29 is 9.90 Å². The number of rotatable bonds is 4.